The molecule has 0 aliphatic carbocycles. The Bertz CT molecular complexity index is 271. The fraction of sp³-hybridized carbons (Fsp3) is 0.714. The molecule has 0 N–H and O–H groups in total. The third-order valence-electron chi connectivity index (χ3n) is 2.01. The van der Waals surface area contributed by atoms with Gasteiger partial charge in [0.15, 0.2) is 5.82 Å². The van der Waals surface area contributed by atoms with E-state index < -0.39 is 0 Å². The summed E-state index contributed by atoms with van der Waals surface area (Å²) in [7, 11) is 0. The Morgan fingerprint density at radius 3 is 2.92 bits per heavy atom. The molecule has 1 aliphatic heterocycles. The Kier molecular flexibility index (Phi) is 2.65. The molecule has 6 heteroatoms. The molecule has 0 saturated carbocycles. The zero-order valence-electron chi connectivity index (χ0n) is 7.19. The van der Waals surface area contributed by atoms with Crippen molar-refractivity contribution >= 4 is 11.6 Å². The van der Waals surface area contributed by atoms with Crippen LogP contribution in [0.4, 0.5) is 0 Å². The SMILES string of the molecule is ClCc1nncn1N1CCOCC1. The number of hydrogen-bond acceptors (Lipinski definition) is 4. The van der Waals surface area contributed by atoms with Gasteiger partial charge in [-0.1, -0.05) is 0 Å². The highest BCUT2D eigenvalue weighted by Gasteiger charge is 2.13. The number of morpholine rings is 1. The summed E-state index contributed by atoms with van der Waals surface area (Å²) < 4.78 is 7.14. The quantitative estimate of drug-likeness (QED) is 0.633. The lowest BCUT2D eigenvalue weighted by Gasteiger charge is -2.29. The number of nitrogens with zero attached hydrogens (tertiary/aromatic N) is 4. The van der Waals surface area contributed by atoms with Crippen molar-refractivity contribution in [3.63, 3.8) is 0 Å². The van der Waals surface area contributed by atoms with E-state index >= 15 is 0 Å². The monoisotopic (exact) mass is 202 g/mol. The maximum atomic E-state index is 5.71. The summed E-state index contributed by atoms with van der Waals surface area (Å²) in [4.78, 5) is 0. The fourth-order valence-corrected chi connectivity index (χ4v) is 1.52. The van der Waals surface area contributed by atoms with Crippen molar-refractivity contribution in [2.45, 2.75) is 5.88 Å². The summed E-state index contributed by atoms with van der Waals surface area (Å²) in [5.74, 6) is 1.17. The van der Waals surface area contributed by atoms with Crippen LogP contribution in [0.15, 0.2) is 6.33 Å². The van der Waals surface area contributed by atoms with Gasteiger partial charge in [0, 0.05) is 0 Å². The molecule has 2 rings (SSSR count). The minimum atomic E-state index is 0.386. The standard InChI is InChI=1S/C7H11ClN4O/c8-5-7-10-9-6-12(7)11-1-3-13-4-2-11/h6H,1-5H2. The number of rotatable bonds is 2. The fourth-order valence-electron chi connectivity index (χ4n) is 1.35. The minimum Gasteiger partial charge on any atom is -0.378 e. The second-order valence-electron chi connectivity index (χ2n) is 2.79. The number of halogens is 1. The molecule has 0 aromatic carbocycles. The molecule has 1 aromatic rings. The van der Waals surface area contributed by atoms with Gasteiger partial charge >= 0.3 is 0 Å². The van der Waals surface area contributed by atoms with Crippen LogP contribution >= 0.6 is 11.6 Å². The highest BCUT2D eigenvalue weighted by Crippen LogP contribution is 2.03. The first-order valence-corrected chi connectivity index (χ1v) is 4.73. The van der Waals surface area contributed by atoms with Crippen LogP contribution in [0.3, 0.4) is 0 Å². The maximum Gasteiger partial charge on any atom is 0.166 e. The highest BCUT2D eigenvalue weighted by molar-refractivity contribution is 6.16. The predicted molar refractivity (Wildman–Crippen MR) is 48.3 cm³/mol. The molecule has 0 spiro atoms. The van der Waals surface area contributed by atoms with Gasteiger partial charge in [0.2, 0.25) is 0 Å². The summed E-state index contributed by atoms with van der Waals surface area (Å²) in [6.45, 7) is 3.23. The van der Waals surface area contributed by atoms with E-state index in [4.69, 9.17) is 16.3 Å². The third-order valence-corrected chi connectivity index (χ3v) is 2.25. The van der Waals surface area contributed by atoms with Gasteiger partial charge in [-0.3, -0.25) is 0 Å². The molecule has 0 atom stereocenters. The summed E-state index contributed by atoms with van der Waals surface area (Å²) in [5, 5.41) is 9.85. The smallest absolute Gasteiger partial charge is 0.166 e. The molecule has 2 heterocycles. The van der Waals surface area contributed by atoms with Crippen LogP contribution in [-0.4, -0.2) is 41.2 Å². The first-order valence-electron chi connectivity index (χ1n) is 4.19. The largest absolute Gasteiger partial charge is 0.378 e. The number of aromatic nitrogens is 3. The van der Waals surface area contributed by atoms with E-state index in [-0.39, 0.29) is 0 Å². The Hall–Kier alpha value is -0.810. The molecule has 1 aliphatic rings. The molecule has 1 aromatic heterocycles. The topological polar surface area (TPSA) is 43.2 Å². The molecule has 0 unspecified atom stereocenters. The van der Waals surface area contributed by atoms with E-state index in [0.29, 0.717) is 5.88 Å². The molecular formula is C7H11ClN4O. The zero-order chi connectivity index (χ0) is 9.10. The van der Waals surface area contributed by atoms with Gasteiger partial charge in [-0.25, -0.2) is 4.68 Å². The summed E-state index contributed by atoms with van der Waals surface area (Å²) in [6.07, 6.45) is 1.68. The Morgan fingerprint density at radius 1 is 1.46 bits per heavy atom. The highest BCUT2D eigenvalue weighted by atomic mass is 35.5. The van der Waals surface area contributed by atoms with E-state index in [9.17, 15) is 0 Å². The lowest BCUT2D eigenvalue weighted by atomic mass is 10.5. The normalized spacial score (nSPS) is 17.8. The molecule has 1 saturated heterocycles. The molecule has 13 heavy (non-hydrogen) atoms. The van der Waals surface area contributed by atoms with E-state index in [2.05, 4.69) is 15.2 Å². The van der Waals surface area contributed by atoms with E-state index in [1.54, 1.807) is 6.33 Å². The van der Waals surface area contributed by atoms with Crippen molar-refractivity contribution in [2.24, 2.45) is 0 Å². The van der Waals surface area contributed by atoms with Crippen LogP contribution in [0.1, 0.15) is 5.82 Å². The van der Waals surface area contributed by atoms with Crippen LogP contribution in [0.5, 0.6) is 0 Å². The van der Waals surface area contributed by atoms with Crippen molar-refractivity contribution in [1.29, 1.82) is 0 Å². The van der Waals surface area contributed by atoms with Gasteiger partial charge in [0.05, 0.1) is 32.2 Å². The molecule has 0 amide bonds. The van der Waals surface area contributed by atoms with Crippen molar-refractivity contribution in [1.82, 2.24) is 14.9 Å². The first-order chi connectivity index (χ1) is 6.42. The van der Waals surface area contributed by atoms with E-state index in [0.717, 1.165) is 32.1 Å². The minimum absolute atomic E-state index is 0.386. The number of ether oxygens (including phenoxy) is 1. The van der Waals surface area contributed by atoms with Crippen LogP contribution in [0.2, 0.25) is 0 Å². The van der Waals surface area contributed by atoms with Gasteiger partial charge in [0.1, 0.15) is 6.33 Å². The van der Waals surface area contributed by atoms with Crippen LogP contribution < -0.4 is 5.01 Å². The first kappa shape index (κ1) is 8.77. The Morgan fingerprint density at radius 2 is 2.23 bits per heavy atom. The molecule has 0 bridgehead atoms. The molecule has 72 valence electrons. The molecule has 0 radical (unpaired) electrons. The molecule has 5 nitrogen and oxygen atoms in total. The van der Waals surface area contributed by atoms with Gasteiger partial charge in [-0.05, 0) is 0 Å². The Balaban J connectivity index is 2.13. The second-order valence-corrected chi connectivity index (χ2v) is 3.06. The van der Waals surface area contributed by atoms with Gasteiger partial charge in [0.25, 0.3) is 0 Å². The van der Waals surface area contributed by atoms with Gasteiger partial charge < -0.3 is 9.75 Å². The second kappa shape index (κ2) is 3.93. The maximum absolute atomic E-state index is 5.71. The average Bonchev–Trinajstić information content (AvgIpc) is 2.67. The summed E-state index contributed by atoms with van der Waals surface area (Å²) in [6, 6.07) is 0. The van der Waals surface area contributed by atoms with Crippen molar-refractivity contribution in [2.75, 3.05) is 31.3 Å². The summed E-state index contributed by atoms with van der Waals surface area (Å²) >= 11 is 5.71. The van der Waals surface area contributed by atoms with E-state index in [1.165, 1.54) is 0 Å². The van der Waals surface area contributed by atoms with Crippen LogP contribution in [0, 0.1) is 0 Å². The van der Waals surface area contributed by atoms with Crippen molar-refractivity contribution < 1.29 is 4.74 Å². The number of alkyl halides is 1. The van der Waals surface area contributed by atoms with Gasteiger partial charge in [-0.2, -0.15) is 0 Å². The molecule has 1 fully saturated rings. The van der Waals surface area contributed by atoms with Gasteiger partial charge in [-0.15, -0.1) is 21.8 Å². The zero-order valence-corrected chi connectivity index (χ0v) is 7.94. The Labute approximate surface area is 81.2 Å². The average molecular weight is 203 g/mol. The van der Waals surface area contributed by atoms with Crippen LogP contribution in [0.25, 0.3) is 0 Å². The summed E-state index contributed by atoms with van der Waals surface area (Å²) in [5.41, 5.74) is 0. The van der Waals surface area contributed by atoms with Crippen LogP contribution in [-0.2, 0) is 10.6 Å². The molecular weight excluding hydrogens is 192 g/mol. The predicted octanol–water partition coefficient (Wildman–Crippen LogP) is -0.0149. The lowest BCUT2D eigenvalue weighted by Crippen LogP contribution is -2.44. The van der Waals surface area contributed by atoms with E-state index in [1.807, 2.05) is 4.68 Å². The third kappa shape index (κ3) is 1.76. The van der Waals surface area contributed by atoms with Crippen molar-refractivity contribution in [3.05, 3.63) is 12.2 Å². The van der Waals surface area contributed by atoms with Crippen molar-refractivity contribution in [3.8, 4) is 0 Å². The number of hydrogen-bond donors (Lipinski definition) is 0. The lowest BCUT2D eigenvalue weighted by molar-refractivity contribution is 0.111.